The number of aromatic nitrogens is 7. The van der Waals surface area contributed by atoms with Crippen LogP contribution in [0.15, 0.2) is 49.1 Å². The molecule has 40 heavy (non-hydrogen) atoms. The first-order valence-electron chi connectivity index (χ1n) is 12.0. The molecule has 14 heteroatoms. The van der Waals surface area contributed by atoms with Crippen LogP contribution in [-0.2, 0) is 19.8 Å². The SMILES string of the molecule is Cc1nn(C)cc1N(Cc1cc2ccc(C(F)(F)F)cn2n1)C(=O)c1cc2c(cc1F)nc(N)c1c(C)ncn12. The lowest BCUT2D eigenvalue weighted by atomic mass is 10.1. The first kappa shape index (κ1) is 25.3. The number of imidazole rings is 1. The molecule has 6 rings (SSSR count). The Hall–Kier alpha value is -5.01. The number of alkyl halides is 3. The molecule has 10 nitrogen and oxygen atoms in total. The summed E-state index contributed by atoms with van der Waals surface area (Å²) < 4.78 is 59.3. The zero-order valence-corrected chi connectivity index (χ0v) is 21.4. The van der Waals surface area contributed by atoms with Crippen LogP contribution in [0.5, 0.6) is 0 Å². The average Bonchev–Trinajstić information content (AvgIpc) is 3.56. The number of carbonyl (C=O) groups is 1. The molecule has 0 saturated heterocycles. The van der Waals surface area contributed by atoms with Crippen molar-refractivity contribution in [2.75, 3.05) is 10.6 Å². The standard InChI is InChI=1S/C26H21F4N9O/c1-13-22(11-36(3)34-13)37(10-16-6-17-5-4-15(26(28,29)30)9-39(17)35-16)25(40)18-7-21-20(8-19(18)27)33-24(31)23-14(2)32-12-38(21)23/h4-9,11-12H,10H2,1-3H3,(H2,31,33). The highest BCUT2D eigenvalue weighted by Crippen LogP contribution is 2.31. The van der Waals surface area contributed by atoms with Crippen LogP contribution >= 0.6 is 0 Å². The third kappa shape index (κ3) is 4.08. The third-order valence-corrected chi connectivity index (χ3v) is 6.67. The Balaban J connectivity index is 1.47. The Morgan fingerprint density at radius 2 is 1.85 bits per heavy atom. The summed E-state index contributed by atoms with van der Waals surface area (Å²) in [5.41, 5.74) is 8.34. The molecule has 0 aliphatic heterocycles. The molecule has 0 fully saturated rings. The van der Waals surface area contributed by atoms with E-state index in [1.807, 2.05) is 0 Å². The molecule has 5 heterocycles. The van der Waals surface area contributed by atoms with Gasteiger partial charge in [0.2, 0.25) is 0 Å². The number of nitrogen functional groups attached to an aromatic ring is 1. The first-order chi connectivity index (χ1) is 18.9. The van der Waals surface area contributed by atoms with Crippen LogP contribution in [0.2, 0.25) is 0 Å². The number of fused-ring (bicyclic) bond motifs is 4. The van der Waals surface area contributed by atoms with E-state index in [9.17, 15) is 18.0 Å². The lowest BCUT2D eigenvalue weighted by Crippen LogP contribution is -2.31. The van der Waals surface area contributed by atoms with Gasteiger partial charge in [-0.25, -0.2) is 18.9 Å². The molecule has 0 aliphatic carbocycles. The van der Waals surface area contributed by atoms with Crippen LogP contribution in [0.1, 0.15) is 33.0 Å². The number of halogens is 4. The van der Waals surface area contributed by atoms with Gasteiger partial charge in [0.1, 0.15) is 23.5 Å². The van der Waals surface area contributed by atoms with Crippen molar-refractivity contribution in [2.45, 2.75) is 26.6 Å². The molecule has 0 saturated carbocycles. The summed E-state index contributed by atoms with van der Waals surface area (Å²) in [6.07, 6.45) is -0.544. The zero-order chi connectivity index (χ0) is 28.5. The van der Waals surface area contributed by atoms with Gasteiger partial charge in [-0.2, -0.15) is 23.4 Å². The quantitative estimate of drug-likeness (QED) is 0.324. The van der Waals surface area contributed by atoms with Crippen LogP contribution in [0.3, 0.4) is 0 Å². The van der Waals surface area contributed by atoms with Gasteiger partial charge in [-0.3, -0.25) is 18.8 Å². The molecule has 0 aliphatic rings. The summed E-state index contributed by atoms with van der Waals surface area (Å²) in [6.45, 7) is 3.29. The Kier molecular flexibility index (Phi) is 5.53. The number of anilines is 2. The van der Waals surface area contributed by atoms with Gasteiger partial charge < -0.3 is 5.73 Å². The molecular formula is C26H21F4N9O. The number of nitrogens with two attached hydrogens (primary N) is 1. The molecule has 1 amide bonds. The summed E-state index contributed by atoms with van der Waals surface area (Å²) in [6, 6.07) is 6.32. The largest absolute Gasteiger partial charge is 0.417 e. The number of pyridine rings is 1. The van der Waals surface area contributed by atoms with E-state index in [1.54, 1.807) is 37.6 Å². The van der Waals surface area contributed by atoms with Crippen molar-refractivity contribution in [1.29, 1.82) is 0 Å². The smallest absolute Gasteiger partial charge is 0.382 e. The highest BCUT2D eigenvalue weighted by atomic mass is 19.4. The predicted molar refractivity (Wildman–Crippen MR) is 138 cm³/mol. The van der Waals surface area contributed by atoms with Gasteiger partial charge >= 0.3 is 6.18 Å². The van der Waals surface area contributed by atoms with E-state index in [1.165, 1.54) is 28.0 Å². The van der Waals surface area contributed by atoms with Crippen molar-refractivity contribution in [1.82, 2.24) is 33.8 Å². The topological polar surface area (TPSA) is 112 Å². The lowest BCUT2D eigenvalue weighted by molar-refractivity contribution is -0.137. The minimum absolute atomic E-state index is 0.161. The first-order valence-corrected chi connectivity index (χ1v) is 12.0. The van der Waals surface area contributed by atoms with E-state index < -0.39 is 23.5 Å². The minimum atomic E-state index is -4.54. The Bertz CT molecular complexity index is 1970. The highest BCUT2D eigenvalue weighted by Gasteiger charge is 2.31. The fraction of sp³-hybridized carbons (Fsp3) is 0.192. The van der Waals surface area contributed by atoms with Gasteiger partial charge in [-0.05, 0) is 38.1 Å². The normalized spacial score (nSPS) is 12.2. The second-order valence-electron chi connectivity index (χ2n) is 9.45. The van der Waals surface area contributed by atoms with Gasteiger partial charge in [0.15, 0.2) is 0 Å². The maximum Gasteiger partial charge on any atom is 0.417 e. The van der Waals surface area contributed by atoms with Gasteiger partial charge in [0.05, 0.1) is 57.0 Å². The number of nitrogens with zero attached hydrogens (tertiary/aromatic N) is 8. The van der Waals surface area contributed by atoms with Gasteiger partial charge in [0, 0.05) is 25.5 Å². The molecule has 204 valence electrons. The van der Waals surface area contributed by atoms with Crippen molar-refractivity contribution in [3.63, 3.8) is 0 Å². The highest BCUT2D eigenvalue weighted by molar-refractivity contribution is 6.08. The molecule has 2 N–H and O–H groups in total. The maximum atomic E-state index is 15.5. The van der Waals surface area contributed by atoms with E-state index in [0.29, 0.717) is 39.3 Å². The van der Waals surface area contributed by atoms with Gasteiger partial charge in [-0.15, -0.1) is 0 Å². The van der Waals surface area contributed by atoms with Crippen LogP contribution in [0, 0.1) is 19.7 Å². The molecule has 0 atom stereocenters. The molecule has 6 aromatic rings. The Labute approximate surface area is 223 Å². The minimum Gasteiger partial charge on any atom is -0.382 e. The lowest BCUT2D eigenvalue weighted by Gasteiger charge is -2.22. The fourth-order valence-electron chi connectivity index (χ4n) is 4.82. The Morgan fingerprint density at radius 3 is 2.55 bits per heavy atom. The van der Waals surface area contributed by atoms with Crippen LogP contribution in [-0.4, -0.2) is 39.7 Å². The molecule has 0 spiro atoms. The van der Waals surface area contributed by atoms with E-state index in [-0.39, 0.29) is 23.4 Å². The maximum absolute atomic E-state index is 15.5. The van der Waals surface area contributed by atoms with Gasteiger partial charge in [-0.1, -0.05) is 0 Å². The van der Waals surface area contributed by atoms with E-state index >= 15 is 4.39 Å². The summed E-state index contributed by atoms with van der Waals surface area (Å²) in [5, 5.41) is 8.55. The van der Waals surface area contributed by atoms with Crippen molar-refractivity contribution in [3.05, 3.63) is 83.1 Å². The number of rotatable bonds is 4. The summed E-state index contributed by atoms with van der Waals surface area (Å²) in [5.74, 6) is -1.35. The third-order valence-electron chi connectivity index (χ3n) is 6.67. The van der Waals surface area contributed by atoms with Crippen LogP contribution in [0.25, 0.3) is 22.1 Å². The zero-order valence-electron chi connectivity index (χ0n) is 21.4. The summed E-state index contributed by atoms with van der Waals surface area (Å²) >= 11 is 0. The van der Waals surface area contributed by atoms with Gasteiger partial charge in [0.25, 0.3) is 5.91 Å². The molecule has 0 unspecified atom stereocenters. The molecule has 0 radical (unpaired) electrons. The second kappa shape index (κ2) is 8.76. The van der Waals surface area contributed by atoms with Crippen LogP contribution in [0.4, 0.5) is 29.1 Å². The number of benzene rings is 1. The average molecular weight is 552 g/mol. The van der Waals surface area contributed by atoms with E-state index in [0.717, 1.165) is 22.8 Å². The number of amides is 1. The fourth-order valence-corrected chi connectivity index (χ4v) is 4.82. The van der Waals surface area contributed by atoms with Crippen molar-refractivity contribution >= 4 is 39.5 Å². The molecule has 0 bridgehead atoms. The molecular weight excluding hydrogens is 530 g/mol. The molecule has 5 aromatic heterocycles. The summed E-state index contributed by atoms with van der Waals surface area (Å²) in [7, 11) is 1.67. The Morgan fingerprint density at radius 1 is 1.07 bits per heavy atom. The molecule has 1 aromatic carbocycles. The number of carbonyl (C=O) groups excluding carboxylic acids is 1. The second-order valence-corrected chi connectivity index (χ2v) is 9.45. The van der Waals surface area contributed by atoms with Crippen molar-refractivity contribution < 1.29 is 22.4 Å². The van der Waals surface area contributed by atoms with E-state index in [2.05, 4.69) is 20.2 Å². The van der Waals surface area contributed by atoms with Crippen molar-refractivity contribution in [3.8, 4) is 0 Å². The monoisotopic (exact) mass is 551 g/mol. The summed E-state index contributed by atoms with van der Waals surface area (Å²) in [4.78, 5) is 23.8. The number of hydrogen-bond donors (Lipinski definition) is 1. The van der Waals surface area contributed by atoms with Crippen LogP contribution < -0.4 is 10.6 Å². The predicted octanol–water partition coefficient (Wildman–Crippen LogP) is 4.47. The van der Waals surface area contributed by atoms with Crippen molar-refractivity contribution in [2.24, 2.45) is 7.05 Å². The van der Waals surface area contributed by atoms with E-state index in [4.69, 9.17) is 5.73 Å². The number of hydrogen-bond acceptors (Lipinski definition) is 6. The number of aryl methyl sites for hydroxylation is 3.